The van der Waals surface area contributed by atoms with Crippen LogP contribution in [0.5, 0.6) is 11.5 Å². The van der Waals surface area contributed by atoms with Crippen molar-refractivity contribution in [3.8, 4) is 11.5 Å². The van der Waals surface area contributed by atoms with E-state index in [2.05, 4.69) is 26.0 Å². The van der Waals surface area contributed by atoms with Crippen molar-refractivity contribution in [1.29, 1.82) is 0 Å². The number of fused-ring (bicyclic) bond motifs is 3. The number of hydrogen-bond acceptors (Lipinski definition) is 4. The van der Waals surface area contributed by atoms with E-state index in [0.29, 0.717) is 6.61 Å². The number of benzene rings is 1. The predicted molar refractivity (Wildman–Crippen MR) is 97.3 cm³/mol. The zero-order chi connectivity index (χ0) is 18.2. The number of esters is 1. The van der Waals surface area contributed by atoms with Gasteiger partial charge in [-0.15, -0.1) is 0 Å². The second kappa shape index (κ2) is 6.54. The maximum atomic E-state index is 12.6. The maximum Gasteiger partial charge on any atom is 0.311 e. The van der Waals surface area contributed by atoms with Gasteiger partial charge in [0.25, 0.3) is 0 Å². The molecule has 4 heteroatoms. The van der Waals surface area contributed by atoms with Crippen LogP contribution in [-0.4, -0.2) is 26.8 Å². The van der Waals surface area contributed by atoms with Crippen LogP contribution >= 0.6 is 0 Å². The van der Waals surface area contributed by atoms with Crippen molar-refractivity contribution in [3.63, 3.8) is 0 Å². The van der Waals surface area contributed by atoms with Gasteiger partial charge in [-0.2, -0.15) is 0 Å². The summed E-state index contributed by atoms with van der Waals surface area (Å²) in [4.78, 5) is 12.6. The van der Waals surface area contributed by atoms with Gasteiger partial charge in [-0.25, -0.2) is 0 Å². The van der Waals surface area contributed by atoms with E-state index < -0.39 is 5.41 Å². The van der Waals surface area contributed by atoms with Crippen LogP contribution in [0, 0.1) is 11.3 Å². The summed E-state index contributed by atoms with van der Waals surface area (Å²) in [6, 6.07) is 4.29. The number of ether oxygens (including phenoxy) is 3. The molecule has 138 valence electrons. The zero-order valence-electron chi connectivity index (χ0n) is 16.1. The quantitative estimate of drug-likeness (QED) is 0.764. The first kappa shape index (κ1) is 18.1. The van der Waals surface area contributed by atoms with Gasteiger partial charge >= 0.3 is 5.97 Å². The van der Waals surface area contributed by atoms with E-state index in [1.807, 2.05) is 6.92 Å². The van der Waals surface area contributed by atoms with Gasteiger partial charge in [-0.1, -0.05) is 13.3 Å². The Balaban J connectivity index is 2.09. The molecular weight excluding hydrogens is 316 g/mol. The summed E-state index contributed by atoms with van der Waals surface area (Å²) in [7, 11) is 3.19. The summed E-state index contributed by atoms with van der Waals surface area (Å²) in [6.45, 7) is 7.02. The van der Waals surface area contributed by atoms with E-state index in [1.54, 1.807) is 7.11 Å². The lowest BCUT2D eigenvalue weighted by Crippen LogP contribution is -2.52. The molecule has 4 nitrogen and oxygen atoms in total. The van der Waals surface area contributed by atoms with Crippen LogP contribution < -0.4 is 9.47 Å². The second-order valence-electron chi connectivity index (χ2n) is 7.86. The summed E-state index contributed by atoms with van der Waals surface area (Å²) < 4.78 is 16.5. The second-order valence-corrected chi connectivity index (χ2v) is 7.86. The van der Waals surface area contributed by atoms with E-state index in [9.17, 15) is 4.79 Å². The fourth-order valence-corrected chi connectivity index (χ4v) is 5.38. The first-order valence-corrected chi connectivity index (χ1v) is 9.33. The number of rotatable bonds is 4. The lowest BCUT2D eigenvalue weighted by molar-refractivity contribution is -0.161. The van der Waals surface area contributed by atoms with Crippen LogP contribution in [0.3, 0.4) is 0 Å². The molecule has 0 bridgehead atoms. The van der Waals surface area contributed by atoms with Crippen molar-refractivity contribution >= 4 is 5.97 Å². The molecular formula is C21H30O4. The molecule has 25 heavy (non-hydrogen) atoms. The lowest BCUT2D eigenvalue weighted by atomic mass is 9.50. The van der Waals surface area contributed by atoms with E-state index in [1.165, 1.54) is 18.2 Å². The zero-order valence-corrected chi connectivity index (χ0v) is 16.1. The van der Waals surface area contributed by atoms with Crippen LogP contribution in [0.25, 0.3) is 0 Å². The molecule has 3 atom stereocenters. The number of carbonyl (C=O) groups excluding carboxylic acids is 1. The Labute approximate surface area is 150 Å². The van der Waals surface area contributed by atoms with Crippen LogP contribution in [0.4, 0.5) is 0 Å². The smallest absolute Gasteiger partial charge is 0.311 e. The fourth-order valence-electron chi connectivity index (χ4n) is 5.38. The molecule has 2 aliphatic rings. The molecule has 0 aromatic heterocycles. The van der Waals surface area contributed by atoms with Gasteiger partial charge in [-0.3, -0.25) is 4.79 Å². The third-order valence-corrected chi connectivity index (χ3v) is 6.59. The lowest BCUT2D eigenvalue weighted by Gasteiger charge is -2.54. The summed E-state index contributed by atoms with van der Waals surface area (Å²) >= 11 is 0. The number of methoxy groups -OCH3 is 2. The third kappa shape index (κ3) is 2.70. The molecule has 0 heterocycles. The van der Waals surface area contributed by atoms with Crippen molar-refractivity contribution in [2.45, 2.75) is 58.3 Å². The van der Waals surface area contributed by atoms with Gasteiger partial charge in [-0.05, 0) is 74.1 Å². The fraction of sp³-hybridized carbons (Fsp3) is 0.667. The molecule has 0 spiro atoms. The monoisotopic (exact) mass is 346 g/mol. The minimum absolute atomic E-state index is 0.0349. The highest BCUT2D eigenvalue weighted by atomic mass is 16.5. The average Bonchev–Trinajstić information content (AvgIpc) is 2.60. The summed E-state index contributed by atoms with van der Waals surface area (Å²) in [5.41, 5.74) is 2.20. The number of hydrogen-bond donors (Lipinski definition) is 0. The van der Waals surface area contributed by atoms with E-state index >= 15 is 0 Å². The molecule has 1 saturated carbocycles. The van der Waals surface area contributed by atoms with E-state index in [-0.39, 0.29) is 17.3 Å². The standard InChI is InChI=1S/C21H30O4/c1-6-25-17-12-14-8-9-18-20(2,15(14)13-16(17)23-4)10-7-11-21(18,3)19(22)24-5/h12-13,18H,6-11H2,1-5H3/t18-,20-,21+/m1/s1. The molecule has 0 amide bonds. The highest BCUT2D eigenvalue weighted by molar-refractivity contribution is 5.77. The SMILES string of the molecule is CCOc1cc2c(cc1OC)[C@@]1(C)CCC[C@](C)(C(=O)OC)[C@@H]1CC2. The van der Waals surface area contributed by atoms with Crippen molar-refractivity contribution in [1.82, 2.24) is 0 Å². The summed E-state index contributed by atoms with van der Waals surface area (Å²) in [5.74, 6) is 1.83. The van der Waals surface area contributed by atoms with Gasteiger partial charge < -0.3 is 14.2 Å². The molecule has 0 unspecified atom stereocenters. The molecule has 1 aromatic rings. The van der Waals surface area contributed by atoms with E-state index in [4.69, 9.17) is 14.2 Å². The van der Waals surface area contributed by atoms with Crippen LogP contribution in [-0.2, 0) is 21.4 Å². The maximum absolute atomic E-state index is 12.6. The predicted octanol–water partition coefficient (Wildman–Crippen LogP) is 4.28. The molecule has 1 aromatic carbocycles. The molecule has 0 aliphatic heterocycles. The minimum Gasteiger partial charge on any atom is -0.493 e. The summed E-state index contributed by atoms with van der Waals surface area (Å²) in [6.07, 6.45) is 5.00. The molecule has 3 rings (SSSR count). The molecule has 2 aliphatic carbocycles. The van der Waals surface area contributed by atoms with Crippen LogP contribution in [0.15, 0.2) is 12.1 Å². The van der Waals surface area contributed by atoms with Crippen LogP contribution in [0.1, 0.15) is 57.6 Å². The Morgan fingerprint density at radius 3 is 2.60 bits per heavy atom. The normalized spacial score (nSPS) is 30.8. The van der Waals surface area contributed by atoms with Crippen molar-refractivity contribution in [2.24, 2.45) is 11.3 Å². The number of aryl methyl sites for hydroxylation is 1. The highest BCUT2D eigenvalue weighted by Crippen LogP contribution is 2.58. The van der Waals surface area contributed by atoms with Gasteiger partial charge in [0.05, 0.1) is 26.2 Å². The Kier molecular flexibility index (Phi) is 4.74. The third-order valence-electron chi connectivity index (χ3n) is 6.59. The highest BCUT2D eigenvalue weighted by Gasteiger charge is 2.55. The Hall–Kier alpha value is -1.71. The largest absolute Gasteiger partial charge is 0.493 e. The van der Waals surface area contributed by atoms with Gasteiger partial charge in [0.2, 0.25) is 0 Å². The van der Waals surface area contributed by atoms with Gasteiger partial charge in [0, 0.05) is 0 Å². The molecule has 0 N–H and O–H groups in total. The summed E-state index contributed by atoms with van der Waals surface area (Å²) in [5, 5.41) is 0. The number of carbonyl (C=O) groups is 1. The topological polar surface area (TPSA) is 44.8 Å². The van der Waals surface area contributed by atoms with Gasteiger partial charge in [0.1, 0.15) is 0 Å². The first-order valence-electron chi connectivity index (χ1n) is 9.33. The molecule has 0 radical (unpaired) electrons. The first-order chi connectivity index (χ1) is 11.9. The minimum atomic E-state index is -0.411. The van der Waals surface area contributed by atoms with Crippen LogP contribution in [0.2, 0.25) is 0 Å². The van der Waals surface area contributed by atoms with Crippen molar-refractivity contribution in [3.05, 3.63) is 23.3 Å². The van der Waals surface area contributed by atoms with E-state index in [0.717, 1.165) is 43.6 Å². The molecule has 1 fully saturated rings. The Bertz CT molecular complexity index is 668. The molecule has 0 saturated heterocycles. The van der Waals surface area contributed by atoms with Crippen molar-refractivity contribution < 1.29 is 19.0 Å². The Morgan fingerprint density at radius 2 is 1.96 bits per heavy atom. The van der Waals surface area contributed by atoms with Gasteiger partial charge in [0.15, 0.2) is 11.5 Å². The Morgan fingerprint density at radius 1 is 1.20 bits per heavy atom. The van der Waals surface area contributed by atoms with Crippen molar-refractivity contribution in [2.75, 3.05) is 20.8 Å². The average molecular weight is 346 g/mol.